The summed E-state index contributed by atoms with van der Waals surface area (Å²) in [5, 5.41) is 6.41. The van der Waals surface area contributed by atoms with Crippen LogP contribution in [-0.2, 0) is 0 Å². The highest BCUT2D eigenvalue weighted by Crippen LogP contribution is 2.05. The first kappa shape index (κ1) is 12.1. The van der Waals surface area contributed by atoms with Gasteiger partial charge in [-0.15, -0.1) is 12.4 Å². The summed E-state index contributed by atoms with van der Waals surface area (Å²) in [4.78, 5) is 7.63. The second kappa shape index (κ2) is 5.82. The second-order valence-corrected chi connectivity index (χ2v) is 3.40. The summed E-state index contributed by atoms with van der Waals surface area (Å²) in [5.74, 6) is 0.0784. The summed E-state index contributed by atoms with van der Waals surface area (Å²) in [5.41, 5.74) is 0. The lowest BCUT2D eigenvalue weighted by Gasteiger charge is -2.10. The Hall–Kier alpha value is -0.940. The van der Waals surface area contributed by atoms with Crippen molar-refractivity contribution in [3.05, 3.63) is 18.2 Å². The van der Waals surface area contributed by atoms with E-state index in [1.807, 2.05) is 0 Å². The SMILES string of the molecule is Cl.Fc1cnc(NCC2CCCN2)nc1. The Morgan fingerprint density at radius 2 is 2.20 bits per heavy atom. The van der Waals surface area contributed by atoms with Gasteiger partial charge in [0.1, 0.15) is 0 Å². The standard InChI is InChI=1S/C9H13FN4.ClH/c10-7-4-12-9(13-5-7)14-6-8-2-1-3-11-8;/h4-5,8,11H,1-3,6H2,(H,12,13,14);1H. The molecule has 2 rings (SSSR count). The van der Waals surface area contributed by atoms with Gasteiger partial charge < -0.3 is 10.6 Å². The van der Waals surface area contributed by atoms with Crippen LogP contribution in [0.1, 0.15) is 12.8 Å². The predicted octanol–water partition coefficient (Wildman–Crippen LogP) is 1.20. The molecule has 1 unspecified atom stereocenters. The lowest BCUT2D eigenvalue weighted by atomic mass is 10.2. The van der Waals surface area contributed by atoms with Gasteiger partial charge in [0.15, 0.2) is 5.82 Å². The average molecular weight is 233 g/mol. The number of nitrogens with zero attached hydrogens (tertiary/aromatic N) is 2. The van der Waals surface area contributed by atoms with Gasteiger partial charge in [0, 0.05) is 12.6 Å². The minimum Gasteiger partial charge on any atom is -0.353 e. The van der Waals surface area contributed by atoms with Gasteiger partial charge in [-0.2, -0.15) is 0 Å². The largest absolute Gasteiger partial charge is 0.353 e. The van der Waals surface area contributed by atoms with Crippen LogP contribution in [0.15, 0.2) is 12.4 Å². The van der Waals surface area contributed by atoms with E-state index in [0.29, 0.717) is 12.0 Å². The van der Waals surface area contributed by atoms with Crippen LogP contribution in [0.3, 0.4) is 0 Å². The Bertz CT molecular complexity index is 287. The van der Waals surface area contributed by atoms with E-state index in [-0.39, 0.29) is 12.4 Å². The highest BCUT2D eigenvalue weighted by Gasteiger charge is 2.13. The van der Waals surface area contributed by atoms with E-state index in [9.17, 15) is 4.39 Å². The fraction of sp³-hybridized carbons (Fsp3) is 0.556. The van der Waals surface area contributed by atoms with Crippen LogP contribution in [0.5, 0.6) is 0 Å². The molecule has 84 valence electrons. The maximum absolute atomic E-state index is 12.5. The van der Waals surface area contributed by atoms with Crippen molar-refractivity contribution < 1.29 is 4.39 Å². The first-order valence-electron chi connectivity index (χ1n) is 4.79. The minimum atomic E-state index is -0.408. The maximum atomic E-state index is 12.5. The molecule has 1 aromatic heterocycles. The van der Waals surface area contributed by atoms with Gasteiger partial charge in [-0.3, -0.25) is 0 Å². The third kappa shape index (κ3) is 3.60. The summed E-state index contributed by atoms with van der Waals surface area (Å²) in [6.07, 6.45) is 4.72. The average Bonchev–Trinajstić information content (AvgIpc) is 2.70. The molecule has 1 saturated heterocycles. The number of aromatic nitrogens is 2. The van der Waals surface area contributed by atoms with E-state index in [0.717, 1.165) is 25.5 Å². The van der Waals surface area contributed by atoms with Gasteiger partial charge >= 0.3 is 0 Å². The fourth-order valence-corrected chi connectivity index (χ4v) is 1.55. The zero-order valence-corrected chi connectivity index (χ0v) is 9.06. The van der Waals surface area contributed by atoms with Crippen molar-refractivity contribution in [2.24, 2.45) is 0 Å². The van der Waals surface area contributed by atoms with E-state index in [1.54, 1.807) is 0 Å². The number of anilines is 1. The lowest BCUT2D eigenvalue weighted by molar-refractivity contribution is 0.610. The predicted molar refractivity (Wildman–Crippen MR) is 58.8 cm³/mol. The monoisotopic (exact) mass is 232 g/mol. The van der Waals surface area contributed by atoms with Gasteiger partial charge in [0.2, 0.25) is 5.95 Å². The minimum absolute atomic E-state index is 0. The van der Waals surface area contributed by atoms with E-state index < -0.39 is 5.82 Å². The molecule has 0 saturated carbocycles. The molecule has 0 spiro atoms. The van der Waals surface area contributed by atoms with E-state index in [2.05, 4.69) is 20.6 Å². The van der Waals surface area contributed by atoms with Crippen molar-refractivity contribution in [2.45, 2.75) is 18.9 Å². The van der Waals surface area contributed by atoms with Gasteiger partial charge in [0.05, 0.1) is 12.4 Å². The van der Waals surface area contributed by atoms with Crippen molar-refractivity contribution in [1.82, 2.24) is 15.3 Å². The summed E-state index contributed by atoms with van der Waals surface area (Å²) >= 11 is 0. The molecule has 0 amide bonds. The number of hydrogen-bond acceptors (Lipinski definition) is 4. The van der Waals surface area contributed by atoms with Crippen molar-refractivity contribution in [3.63, 3.8) is 0 Å². The summed E-state index contributed by atoms with van der Waals surface area (Å²) in [6.45, 7) is 1.88. The Labute approximate surface area is 94.1 Å². The first-order chi connectivity index (χ1) is 6.84. The molecule has 0 aliphatic carbocycles. The fourth-order valence-electron chi connectivity index (χ4n) is 1.55. The molecule has 0 radical (unpaired) electrons. The van der Waals surface area contributed by atoms with Crippen molar-refractivity contribution in [3.8, 4) is 0 Å². The highest BCUT2D eigenvalue weighted by molar-refractivity contribution is 5.85. The first-order valence-corrected chi connectivity index (χ1v) is 4.79. The molecule has 0 bridgehead atoms. The maximum Gasteiger partial charge on any atom is 0.222 e. The Kier molecular flexibility index (Phi) is 4.71. The second-order valence-electron chi connectivity index (χ2n) is 3.40. The Balaban J connectivity index is 0.00000112. The molecular formula is C9H14ClFN4. The van der Waals surface area contributed by atoms with Crippen molar-refractivity contribution in [1.29, 1.82) is 0 Å². The quantitative estimate of drug-likeness (QED) is 0.823. The topological polar surface area (TPSA) is 49.8 Å². The summed E-state index contributed by atoms with van der Waals surface area (Å²) in [7, 11) is 0. The van der Waals surface area contributed by atoms with E-state index in [1.165, 1.54) is 12.8 Å². The van der Waals surface area contributed by atoms with Crippen LogP contribution in [0.25, 0.3) is 0 Å². The molecule has 2 heterocycles. The molecule has 1 atom stereocenters. The molecule has 1 aromatic rings. The van der Waals surface area contributed by atoms with Crippen LogP contribution in [0.2, 0.25) is 0 Å². The molecule has 1 aliphatic heterocycles. The molecular weight excluding hydrogens is 219 g/mol. The third-order valence-corrected chi connectivity index (χ3v) is 2.29. The van der Waals surface area contributed by atoms with E-state index in [4.69, 9.17) is 0 Å². The molecule has 4 nitrogen and oxygen atoms in total. The third-order valence-electron chi connectivity index (χ3n) is 2.29. The summed E-state index contributed by atoms with van der Waals surface area (Å²) in [6, 6.07) is 0.489. The molecule has 1 aliphatic rings. The normalized spacial score (nSPS) is 19.7. The van der Waals surface area contributed by atoms with Crippen LogP contribution >= 0.6 is 12.4 Å². The zero-order chi connectivity index (χ0) is 9.80. The zero-order valence-electron chi connectivity index (χ0n) is 8.24. The van der Waals surface area contributed by atoms with Gasteiger partial charge in [-0.25, -0.2) is 14.4 Å². The molecule has 0 aromatic carbocycles. The number of nitrogens with one attached hydrogen (secondary N) is 2. The summed E-state index contributed by atoms with van der Waals surface area (Å²) < 4.78 is 12.5. The number of hydrogen-bond donors (Lipinski definition) is 2. The Morgan fingerprint density at radius 3 is 2.80 bits per heavy atom. The van der Waals surface area contributed by atoms with Crippen LogP contribution in [0, 0.1) is 5.82 Å². The highest BCUT2D eigenvalue weighted by atomic mass is 35.5. The van der Waals surface area contributed by atoms with Gasteiger partial charge in [0.25, 0.3) is 0 Å². The molecule has 15 heavy (non-hydrogen) atoms. The van der Waals surface area contributed by atoms with Crippen molar-refractivity contribution in [2.75, 3.05) is 18.4 Å². The van der Waals surface area contributed by atoms with Crippen LogP contribution in [0.4, 0.5) is 10.3 Å². The van der Waals surface area contributed by atoms with E-state index >= 15 is 0 Å². The smallest absolute Gasteiger partial charge is 0.222 e. The van der Waals surface area contributed by atoms with Crippen LogP contribution in [-0.4, -0.2) is 29.1 Å². The van der Waals surface area contributed by atoms with Gasteiger partial charge in [-0.1, -0.05) is 0 Å². The number of halogens is 2. The van der Waals surface area contributed by atoms with Crippen molar-refractivity contribution >= 4 is 18.4 Å². The molecule has 6 heteroatoms. The van der Waals surface area contributed by atoms with Gasteiger partial charge in [-0.05, 0) is 19.4 Å². The van der Waals surface area contributed by atoms with Crippen LogP contribution < -0.4 is 10.6 Å². The molecule has 2 N–H and O–H groups in total. The number of rotatable bonds is 3. The lowest BCUT2D eigenvalue weighted by Crippen LogP contribution is -2.29. The Morgan fingerprint density at radius 1 is 1.47 bits per heavy atom. The molecule has 1 fully saturated rings.